The molecule has 0 heterocycles. The molecule has 0 unspecified atom stereocenters. The Labute approximate surface area is 229 Å². The molecule has 0 aliphatic carbocycles. The van der Waals surface area contributed by atoms with Crippen molar-refractivity contribution in [2.75, 3.05) is 72.7 Å². The smallest absolute Gasteiger partial charge is 0.379 e. The normalized spacial score (nSPS) is 11.1. The molecule has 0 saturated heterocycles. The van der Waals surface area contributed by atoms with Crippen LogP contribution in [0.3, 0.4) is 0 Å². The van der Waals surface area contributed by atoms with Crippen molar-refractivity contribution >= 4 is 11.8 Å². The third kappa shape index (κ3) is 21.1. The average Bonchev–Trinajstić information content (AvgIpc) is 2.94. The van der Waals surface area contributed by atoms with Crippen LogP contribution in [0.1, 0.15) is 81.5 Å². The van der Waals surface area contributed by atoms with Crippen LogP contribution in [0.2, 0.25) is 0 Å². The Hall–Kier alpha value is -1.84. The van der Waals surface area contributed by atoms with Crippen LogP contribution in [0.5, 0.6) is 0 Å². The van der Waals surface area contributed by atoms with Gasteiger partial charge in [-0.3, -0.25) is 4.79 Å². The molecule has 38 heavy (non-hydrogen) atoms. The molecule has 1 rings (SSSR count). The molecule has 218 valence electrons. The summed E-state index contributed by atoms with van der Waals surface area (Å²) in [7, 11) is 0. The first-order chi connectivity index (χ1) is 18.8. The first-order valence-electron chi connectivity index (χ1n) is 14.4. The molecule has 1 aromatic rings. The van der Waals surface area contributed by atoms with E-state index in [0.29, 0.717) is 58.4 Å². The number of rotatable bonds is 28. The maximum Gasteiger partial charge on any atom is 0.379 e. The van der Waals surface area contributed by atoms with Gasteiger partial charge in [-0.25, -0.2) is 4.79 Å². The number of Topliss-reactive ketones (excluding diaryl/α,β-unsaturated/α-hetero) is 1. The second-order valence-corrected chi connectivity index (χ2v) is 9.07. The minimum atomic E-state index is -0.881. The Morgan fingerprint density at radius 1 is 0.500 bits per heavy atom. The lowest BCUT2D eigenvalue weighted by Crippen LogP contribution is -2.20. The molecule has 0 amide bonds. The van der Waals surface area contributed by atoms with Gasteiger partial charge < -0.3 is 28.4 Å². The Bertz CT molecular complexity index is 667. The number of ketones is 1. The van der Waals surface area contributed by atoms with Crippen molar-refractivity contribution in [1.82, 2.24) is 0 Å². The predicted octanol–water partition coefficient (Wildman–Crippen LogP) is 5.42. The van der Waals surface area contributed by atoms with Crippen molar-refractivity contribution in [2.24, 2.45) is 0 Å². The van der Waals surface area contributed by atoms with E-state index in [1.165, 1.54) is 57.8 Å². The largest absolute Gasteiger partial charge is 0.457 e. The molecule has 0 N–H and O–H groups in total. The molecular weight excluding hydrogens is 488 g/mol. The van der Waals surface area contributed by atoms with Gasteiger partial charge in [0.2, 0.25) is 0 Å². The van der Waals surface area contributed by atoms with E-state index in [9.17, 15) is 9.59 Å². The Balaban J connectivity index is 1.71. The molecule has 0 aromatic heterocycles. The highest BCUT2D eigenvalue weighted by Crippen LogP contribution is 2.10. The van der Waals surface area contributed by atoms with E-state index in [1.54, 1.807) is 30.3 Å². The fourth-order valence-electron chi connectivity index (χ4n) is 3.64. The predicted molar refractivity (Wildman–Crippen MR) is 148 cm³/mol. The van der Waals surface area contributed by atoms with E-state index in [2.05, 4.69) is 6.92 Å². The highest BCUT2D eigenvalue weighted by atomic mass is 16.6. The van der Waals surface area contributed by atoms with Crippen LogP contribution < -0.4 is 0 Å². The lowest BCUT2D eigenvalue weighted by atomic mass is 10.1. The van der Waals surface area contributed by atoms with Gasteiger partial charge in [0.25, 0.3) is 5.78 Å². The number of hydrogen-bond donors (Lipinski definition) is 0. The maximum atomic E-state index is 11.9. The monoisotopic (exact) mass is 538 g/mol. The lowest BCUT2D eigenvalue weighted by molar-refractivity contribution is -0.139. The van der Waals surface area contributed by atoms with Crippen LogP contribution in [0.15, 0.2) is 30.3 Å². The summed E-state index contributed by atoms with van der Waals surface area (Å²) < 4.78 is 32.2. The molecule has 0 aliphatic rings. The lowest BCUT2D eigenvalue weighted by Gasteiger charge is -2.08. The van der Waals surface area contributed by atoms with E-state index < -0.39 is 11.8 Å². The van der Waals surface area contributed by atoms with Gasteiger partial charge in [-0.2, -0.15) is 0 Å². The van der Waals surface area contributed by atoms with Crippen molar-refractivity contribution < 1.29 is 38.0 Å². The van der Waals surface area contributed by atoms with Crippen molar-refractivity contribution in [3.63, 3.8) is 0 Å². The number of benzene rings is 1. The van der Waals surface area contributed by atoms with E-state index in [0.717, 1.165) is 13.0 Å². The van der Waals surface area contributed by atoms with Gasteiger partial charge in [0.1, 0.15) is 6.61 Å². The minimum Gasteiger partial charge on any atom is -0.457 e. The second-order valence-electron chi connectivity index (χ2n) is 9.07. The highest BCUT2D eigenvalue weighted by Gasteiger charge is 2.17. The van der Waals surface area contributed by atoms with Crippen LogP contribution in [-0.4, -0.2) is 84.4 Å². The number of unbranched alkanes of at least 4 members (excludes halogenated alkanes) is 9. The summed E-state index contributed by atoms with van der Waals surface area (Å²) in [6.45, 7) is 7.30. The van der Waals surface area contributed by atoms with Crippen molar-refractivity contribution in [1.29, 1.82) is 0 Å². The van der Waals surface area contributed by atoms with Crippen molar-refractivity contribution in [2.45, 2.75) is 71.1 Å². The summed E-state index contributed by atoms with van der Waals surface area (Å²) >= 11 is 0. The summed E-state index contributed by atoms with van der Waals surface area (Å²) in [5.41, 5.74) is 0.310. The third-order valence-corrected chi connectivity index (χ3v) is 5.81. The van der Waals surface area contributed by atoms with Crippen LogP contribution in [0.4, 0.5) is 0 Å². The molecule has 0 atom stereocenters. The van der Waals surface area contributed by atoms with Crippen LogP contribution >= 0.6 is 0 Å². The first-order valence-corrected chi connectivity index (χ1v) is 14.4. The van der Waals surface area contributed by atoms with Gasteiger partial charge in [-0.1, -0.05) is 95.0 Å². The van der Waals surface area contributed by atoms with E-state index in [1.807, 2.05) is 0 Å². The quantitative estimate of drug-likeness (QED) is 0.0605. The molecule has 0 saturated carbocycles. The molecule has 1 aromatic carbocycles. The second kappa shape index (κ2) is 26.8. The molecule has 0 aliphatic heterocycles. The Morgan fingerprint density at radius 3 is 1.37 bits per heavy atom. The fraction of sp³-hybridized carbons (Fsp3) is 0.733. The van der Waals surface area contributed by atoms with E-state index in [4.69, 9.17) is 28.4 Å². The molecular formula is C30H50O8. The molecule has 8 heteroatoms. The summed E-state index contributed by atoms with van der Waals surface area (Å²) in [5, 5.41) is 0. The van der Waals surface area contributed by atoms with Gasteiger partial charge in [0, 0.05) is 12.2 Å². The average molecular weight is 539 g/mol. The summed E-state index contributed by atoms with van der Waals surface area (Å²) in [5.74, 6) is -1.54. The molecule has 0 radical (unpaired) electrons. The van der Waals surface area contributed by atoms with Crippen LogP contribution in [0, 0.1) is 0 Å². The van der Waals surface area contributed by atoms with Gasteiger partial charge in [-0.05, 0) is 6.42 Å². The molecule has 0 spiro atoms. The van der Waals surface area contributed by atoms with Crippen molar-refractivity contribution in [3.05, 3.63) is 35.9 Å². The minimum absolute atomic E-state index is 0.0187. The zero-order valence-corrected chi connectivity index (χ0v) is 23.5. The molecule has 0 bridgehead atoms. The molecule has 8 nitrogen and oxygen atoms in total. The summed E-state index contributed by atoms with van der Waals surface area (Å²) in [6.07, 6.45) is 13.3. The van der Waals surface area contributed by atoms with E-state index >= 15 is 0 Å². The van der Waals surface area contributed by atoms with Crippen LogP contribution in [0.25, 0.3) is 0 Å². The zero-order valence-electron chi connectivity index (χ0n) is 23.5. The first kappa shape index (κ1) is 34.2. The number of carbonyl (C=O) groups is 2. The standard InChI is InChI=1S/C30H50O8/c1-2-3-4-5-6-7-8-9-10-14-17-33-18-19-34-20-21-35-22-23-36-24-25-37-26-27-38-30(32)29(31)28-15-12-11-13-16-28/h11-13,15-16H,2-10,14,17-27H2,1H3. The fourth-order valence-corrected chi connectivity index (χ4v) is 3.64. The molecule has 0 fully saturated rings. The Morgan fingerprint density at radius 2 is 0.895 bits per heavy atom. The number of ether oxygens (including phenoxy) is 6. The number of hydrogen-bond acceptors (Lipinski definition) is 8. The number of carbonyl (C=O) groups excluding carboxylic acids is 2. The zero-order chi connectivity index (χ0) is 27.4. The topological polar surface area (TPSA) is 89.5 Å². The van der Waals surface area contributed by atoms with Gasteiger partial charge in [0.15, 0.2) is 0 Å². The highest BCUT2D eigenvalue weighted by molar-refractivity contribution is 6.40. The summed E-state index contributed by atoms with van der Waals surface area (Å²) in [6, 6.07) is 8.31. The SMILES string of the molecule is CCCCCCCCCCCCOCCOCCOCCOCCOCCOC(=O)C(=O)c1ccccc1. The maximum absolute atomic E-state index is 11.9. The Kier molecular flexibility index (Phi) is 24.1. The van der Waals surface area contributed by atoms with Crippen LogP contribution in [-0.2, 0) is 33.2 Å². The third-order valence-electron chi connectivity index (χ3n) is 5.81. The van der Waals surface area contributed by atoms with Gasteiger partial charge >= 0.3 is 5.97 Å². The summed E-state index contributed by atoms with van der Waals surface area (Å²) in [4.78, 5) is 23.6. The van der Waals surface area contributed by atoms with Crippen molar-refractivity contribution in [3.8, 4) is 0 Å². The number of esters is 1. The van der Waals surface area contributed by atoms with Gasteiger partial charge in [-0.15, -0.1) is 0 Å². The van der Waals surface area contributed by atoms with Gasteiger partial charge in [0.05, 0.1) is 59.5 Å². The van der Waals surface area contributed by atoms with E-state index in [-0.39, 0.29) is 13.2 Å².